The molecule has 1 saturated heterocycles. The van der Waals surface area contributed by atoms with Gasteiger partial charge in [-0.1, -0.05) is 24.3 Å². The molecule has 0 bridgehead atoms. The summed E-state index contributed by atoms with van der Waals surface area (Å²) in [6.07, 6.45) is 8.41. The topological polar surface area (TPSA) is 6.48 Å². The number of halogens is 1. The van der Waals surface area contributed by atoms with Crippen molar-refractivity contribution in [1.82, 2.24) is 4.90 Å². The van der Waals surface area contributed by atoms with Crippen molar-refractivity contribution in [2.45, 2.75) is 19.3 Å². The molecular formula is C17H23FN2. The van der Waals surface area contributed by atoms with E-state index in [1.807, 2.05) is 12.1 Å². The van der Waals surface area contributed by atoms with Gasteiger partial charge in [-0.25, -0.2) is 4.39 Å². The van der Waals surface area contributed by atoms with E-state index < -0.39 is 0 Å². The highest BCUT2D eigenvalue weighted by molar-refractivity contribution is 5.47. The normalized spacial score (nSPS) is 24.1. The molecular weight excluding hydrogens is 251 g/mol. The van der Waals surface area contributed by atoms with Crippen LogP contribution in [0.25, 0.3) is 0 Å². The fraction of sp³-hybridized carbons (Fsp3) is 0.529. The summed E-state index contributed by atoms with van der Waals surface area (Å²) in [7, 11) is 0. The van der Waals surface area contributed by atoms with Crippen LogP contribution in [0, 0.1) is 11.7 Å². The lowest BCUT2D eigenvalue weighted by molar-refractivity contribution is 0.211. The first-order valence-corrected chi connectivity index (χ1v) is 7.70. The molecule has 20 heavy (non-hydrogen) atoms. The summed E-state index contributed by atoms with van der Waals surface area (Å²) >= 11 is 0. The average Bonchev–Trinajstić information content (AvgIpc) is 2.50. The Morgan fingerprint density at radius 3 is 2.55 bits per heavy atom. The Morgan fingerprint density at radius 2 is 1.85 bits per heavy atom. The Kier molecular flexibility index (Phi) is 4.36. The predicted molar refractivity (Wildman–Crippen MR) is 81.5 cm³/mol. The van der Waals surface area contributed by atoms with Gasteiger partial charge in [-0.05, 0) is 37.3 Å². The highest BCUT2D eigenvalue weighted by Gasteiger charge is 2.21. The number of piperazine rings is 1. The van der Waals surface area contributed by atoms with Crippen LogP contribution in [0.4, 0.5) is 10.1 Å². The number of nitrogens with zero attached hydrogens (tertiary/aromatic N) is 2. The molecule has 1 aliphatic heterocycles. The minimum atomic E-state index is -0.0987. The number of hydrogen-bond donors (Lipinski definition) is 0. The van der Waals surface area contributed by atoms with E-state index in [0.717, 1.165) is 37.8 Å². The molecule has 108 valence electrons. The number of benzene rings is 1. The van der Waals surface area contributed by atoms with E-state index >= 15 is 0 Å². The van der Waals surface area contributed by atoms with Gasteiger partial charge < -0.3 is 4.90 Å². The molecule has 1 heterocycles. The van der Waals surface area contributed by atoms with Gasteiger partial charge in [0.1, 0.15) is 5.82 Å². The van der Waals surface area contributed by atoms with E-state index in [9.17, 15) is 4.39 Å². The Balaban J connectivity index is 1.52. The van der Waals surface area contributed by atoms with Crippen LogP contribution >= 0.6 is 0 Å². The monoisotopic (exact) mass is 274 g/mol. The van der Waals surface area contributed by atoms with Crippen LogP contribution in [0.3, 0.4) is 0 Å². The Labute approximate surface area is 120 Å². The largest absolute Gasteiger partial charge is 0.367 e. The van der Waals surface area contributed by atoms with Gasteiger partial charge in [0.15, 0.2) is 0 Å². The molecule has 0 saturated carbocycles. The Bertz CT molecular complexity index is 464. The van der Waals surface area contributed by atoms with Crippen molar-refractivity contribution in [1.29, 1.82) is 0 Å². The molecule has 0 spiro atoms. The molecule has 1 aliphatic carbocycles. The number of allylic oxidation sites excluding steroid dienone is 2. The van der Waals surface area contributed by atoms with E-state index in [0.29, 0.717) is 0 Å². The van der Waals surface area contributed by atoms with Crippen LogP contribution in [0.5, 0.6) is 0 Å². The van der Waals surface area contributed by atoms with Gasteiger partial charge in [-0.15, -0.1) is 0 Å². The third kappa shape index (κ3) is 3.21. The van der Waals surface area contributed by atoms with E-state index in [1.54, 1.807) is 12.1 Å². The number of rotatable bonds is 3. The SMILES string of the molecule is Fc1ccccc1N1CCN(C[C@@H]2CC=CCC2)CC1. The van der Waals surface area contributed by atoms with Gasteiger partial charge >= 0.3 is 0 Å². The van der Waals surface area contributed by atoms with Crippen LogP contribution in [0.15, 0.2) is 36.4 Å². The molecule has 3 rings (SSSR count). The van der Waals surface area contributed by atoms with E-state index in [2.05, 4.69) is 22.0 Å². The summed E-state index contributed by atoms with van der Waals surface area (Å²) in [6.45, 7) is 5.17. The molecule has 1 atom stereocenters. The second kappa shape index (κ2) is 6.40. The maximum Gasteiger partial charge on any atom is 0.146 e. The van der Waals surface area contributed by atoms with Crippen LogP contribution in [0.1, 0.15) is 19.3 Å². The van der Waals surface area contributed by atoms with Gasteiger partial charge in [0.05, 0.1) is 5.69 Å². The summed E-state index contributed by atoms with van der Waals surface area (Å²) in [4.78, 5) is 4.72. The molecule has 2 nitrogen and oxygen atoms in total. The second-order valence-electron chi connectivity index (χ2n) is 5.89. The molecule has 0 amide bonds. The molecule has 0 aromatic heterocycles. The van der Waals surface area contributed by atoms with Crippen molar-refractivity contribution < 1.29 is 4.39 Å². The first-order chi connectivity index (χ1) is 9.83. The summed E-state index contributed by atoms with van der Waals surface area (Å²) in [5, 5.41) is 0. The Morgan fingerprint density at radius 1 is 1.05 bits per heavy atom. The highest BCUT2D eigenvalue weighted by Crippen LogP contribution is 2.22. The highest BCUT2D eigenvalue weighted by atomic mass is 19.1. The minimum absolute atomic E-state index is 0.0987. The maximum absolute atomic E-state index is 13.8. The number of anilines is 1. The average molecular weight is 274 g/mol. The predicted octanol–water partition coefficient (Wildman–Crippen LogP) is 3.30. The summed E-state index contributed by atoms with van der Waals surface area (Å²) in [5.74, 6) is 0.721. The molecule has 2 aliphatic rings. The lowest BCUT2D eigenvalue weighted by Crippen LogP contribution is -2.48. The summed E-state index contributed by atoms with van der Waals surface area (Å²) in [5.41, 5.74) is 0.757. The van der Waals surface area contributed by atoms with Crippen LogP contribution < -0.4 is 4.90 Å². The molecule has 1 fully saturated rings. The fourth-order valence-corrected chi connectivity index (χ4v) is 3.27. The van der Waals surface area contributed by atoms with Gasteiger partial charge in [-0.3, -0.25) is 4.90 Å². The zero-order valence-corrected chi connectivity index (χ0v) is 12.0. The zero-order chi connectivity index (χ0) is 13.8. The standard InChI is InChI=1S/C17H23FN2/c18-16-8-4-5-9-17(16)20-12-10-19(11-13-20)14-15-6-2-1-3-7-15/h1-2,4-5,8-9,15H,3,6-7,10-14H2/t15-/m1/s1. The molecule has 0 unspecified atom stereocenters. The lowest BCUT2D eigenvalue weighted by Gasteiger charge is -2.38. The first kappa shape index (κ1) is 13.6. The van der Waals surface area contributed by atoms with Crippen LogP contribution in [0.2, 0.25) is 0 Å². The van der Waals surface area contributed by atoms with Gasteiger partial charge in [0.2, 0.25) is 0 Å². The second-order valence-corrected chi connectivity index (χ2v) is 5.89. The van der Waals surface area contributed by atoms with Crippen molar-refractivity contribution in [2.75, 3.05) is 37.6 Å². The van der Waals surface area contributed by atoms with Crippen molar-refractivity contribution in [3.05, 3.63) is 42.2 Å². The first-order valence-electron chi connectivity index (χ1n) is 7.70. The quantitative estimate of drug-likeness (QED) is 0.780. The molecule has 1 aromatic rings. The van der Waals surface area contributed by atoms with E-state index in [1.165, 1.54) is 25.8 Å². The molecule has 1 aromatic carbocycles. The van der Waals surface area contributed by atoms with Crippen LogP contribution in [-0.2, 0) is 0 Å². The van der Waals surface area contributed by atoms with Crippen molar-refractivity contribution in [3.8, 4) is 0 Å². The fourth-order valence-electron chi connectivity index (χ4n) is 3.27. The minimum Gasteiger partial charge on any atom is -0.367 e. The Hall–Kier alpha value is -1.35. The third-order valence-corrected chi connectivity index (χ3v) is 4.46. The zero-order valence-electron chi connectivity index (χ0n) is 12.0. The van der Waals surface area contributed by atoms with Crippen molar-refractivity contribution in [2.24, 2.45) is 5.92 Å². The summed E-state index contributed by atoms with van der Waals surface area (Å²) in [6, 6.07) is 7.11. The molecule has 0 radical (unpaired) electrons. The van der Waals surface area contributed by atoms with Crippen molar-refractivity contribution in [3.63, 3.8) is 0 Å². The smallest absolute Gasteiger partial charge is 0.146 e. The third-order valence-electron chi connectivity index (χ3n) is 4.46. The van der Waals surface area contributed by atoms with Crippen LogP contribution in [-0.4, -0.2) is 37.6 Å². The van der Waals surface area contributed by atoms with Gasteiger partial charge in [0, 0.05) is 32.7 Å². The summed E-state index contributed by atoms with van der Waals surface area (Å²) < 4.78 is 13.8. The van der Waals surface area contributed by atoms with Gasteiger partial charge in [0.25, 0.3) is 0 Å². The molecule has 0 N–H and O–H groups in total. The van der Waals surface area contributed by atoms with Gasteiger partial charge in [-0.2, -0.15) is 0 Å². The lowest BCUT2D eigenvalue weighted by atomic mass is 9.94. The van der Waals surface area contributed by atoms with Crippen molar-refractivity contribution >= 4 is 5.69 Å². The number of para-hydroxylation sites is 1. The molecule has 3 heteroatoms. The maximum atomic E-state index is 13.8. The van der Waals surface area contributed by atoms with E-state index in [4.69, 9.17) is 0 Å². The van der Waals surface area contributed by atoms with E-state index in [-0.39, 0.29) is 5.82 Å². The number of hydrogen-bond acceptors (Lipinski definition) is 2.